The van der Waals surface area contributed by atoms with Crippen LogP contribution < -0.4 is 10.1 Å². The molecule has 0 saturated carbocycles. The minimum Gasteiger partial charge on any atom is -0.494 e. The molecule has 6 nitrogen and oxygen atoms in total. The van der Waals surface area contributed by atoms with Crippen LogP contribution in [-0.2, 0) is 4.79 Å². The number of ether oxygens (including phenoxy) is 1. The van der Waals surface area contributed by atoms with Crippen LogP contribution in [-0.4, -0.2) is 39.1 Å². The molecule has 31 heavy (non-hydrogen) atoms. The van der Waals surface area contributed by atoms with E-state index in [0.29, 0.717) is 24.2 Å². The van der Waals surface area contributed by atoms with Crippen molar-refractivity contribution in [1.29, 1.82) is 0 Å². The molecule has 1 N–H and O–H groups in total. The van der Waals surface area contributed by atoms with Crippen molar-refractivity contribution in [2.24, 2.45) is 5.92 Å². The lowest BCUT2D eigenvalue weighted by atomic mass is 10.1. The van der Waals surface area contributed by atoms with Gasteiger partial charge in [0.1, 0.15) is 5.75 Å². The molecule has 0 spiro atoms. The lowest BCUT2D eigenvalue weighted by Crippen LogP contribution is -2.33. The maximum absolute atomic E-state index is 12.5. The van der Waals surface area contributed by atoms with Crippen molar-refractivity contribution in [1.82, 2.24) is 20.1 Å². The van der Waals surface area contributed by atoms with Crippen molar-refractivity contribution in [2.45, 2.75) is 45.0 Å². The molecule has 0 bridgehead atoms. The summed E-state index contributed by atoms with van der Waals surface area (Å²) < 4.78 is 7.58. The molecule has 0 aliphatic carbocycles. The van der Waals surface area contributed by atoms with Crippen LogP contribution in [0.15, 0.2) is 53.7 Å². The smallest absolute Gasteiger partial charge is 0.233 e. The second-order valence-corrected chi connectivity index (χ2v) is 9.15. The summed E-state index contributed by atoms with van der Waals surface area (Å²) in [5, 5.41) is 12.3. The monoisotopic (exact) mass is 438 g/mol. The van der Waals surface area contributed by atoms with Crippen LogP contribution in [0.3, 0.4) is 0 Å². The van der Waals surface area contributed by atoms with Gasteiger partial charge in [-0.2, -0.15) is 0 Å². The first-order chi connectivity index (χ1) is 14.9. The van der Waals surface area contributed by atoms with E-state index < -0.39 is 0 Å². The predicted octanol–water partition coefficient (Wildman–Crippen LogP) is 4.89. The summed E-state index contributed by atoms with van der Waals surface area (Å²) in [6.45, 7) is 11.3. The highest BCUT2D eigenvalue weighted by Gasteiger charge is 2.22. The number of carbonyl (C=O) groups is 1. The van der Waals surface area contributed by atoms with Gasteiger partial charge in [0.2, 0.25) is 5.91 Å². The molecule has 1 heterocycles. The Bertz CT molecular complexity index is 1010. The molecule has 1 aromatic heterocycles. The van der Waals surface area contributed by atoms with Crippen molar-refractivity contribution in [3.8, 4) is 22.8 Å². The van der Waals surface area contributed by atoms with Gasteiger partial charge in [-0.3, -0.25) is 9.36 Å². The summed E-state index contributed by atoms with van der Waals surface area (Å²) in [6.07, 6.45) is 0. The van der Waals surface area contributed by atoms with Gasteiger partial charge in [0.25, 0.3) is 0 Å². The summed E-state index contributed by atoms with van der Waals surface area (Å²) in [4.78, 5) is 12.5. The quantitative estimate of drug-likeness (QED) is 0.482. The lowest BCUT2D eigenvalue weighted by Gasteiger charge is -2.15. The average Bonchev–Trinajstić information content (AvgIpc) is 3.16. The second kappa shape index (κ2) is 10.5. The summed E-state index contributed by atoms with van der Waals surface area (Å²) in [6, 6.07) is 16.0. The molecule has 1 atom stereocenters. The Morgan fingerprint density at radius 3 is 2.52 bits per heavy atom. The number of amides is 1. The molecule has 0 saturated heterocycles. The fourth-order valence-electron chi connectivity index (χ4n) is 3.07. The van der Waals surface area contributed by atoms with Gasteiger partial charge in [-0.1, -0.05) is 49.4 Å². The van der Waals surface area contributed by atoms with E-state index in [4.69, 9.17) is 4.74 Å². The third-order valence-corrected chi connectivity index (χ3v) is 5.69. The zero-order valence-electron chi connectivity index (χ0n) is 18.8. The van der Waals surface area contributed by atoms with Gasteiger partial charge >= 0.3 is 0 Å². The highest BCUT2D eigenvalue weighted by Crippen LogP contribution is 2.31. The molecule has 1 unspecified atom stereocenters. The first-order valence-corrected chi connectivity index (χ1v) is 11.5. The van der Waals surface area contributed by atoms with Crippen LogP contribution in [0.1, 0.15) is 33.3 Å². The summed E-state index contributed by atoms with van der Waals surface area (Å²) in [5.41, 5.74) is 3.04. The van der Waals surface area contributed by atoms with Crippen LogP contribution in [0.25, 0.3) is 17.1 Å². The Kier molecular flexibility index (Phi) is 7.74. The van der Waals surface area contributed by atoms with Crippen LogP contribution in [0.4, 0.5) is 0 Å². The Morgan fingerprint density at radius 2 is 1.87 bits per heavy atom. The number of aromatic nitrogens is 3. The van der Waals surface area contributed by atoms with E-state index in [1.54, 1.807) is 0 Å². The zero-order chi connectivity index (χ0) is 22.4. The van der Waals surface area contributed by atoms with Gasteiger partial charge in [0.05, 0.1) is 11.9 Å². The Hall–Kier alpha value is -2.80. The van der Waals surface area contributed by atoms with Crippen molar-refractivity contribution in [3.63, 3.8) is 0 Å². The van der Waals surface area contributed by atoms with Gasteiger partial charge in [0, 0.05) is 17.8 Å². The number of hydrogen-bond acceptors (Lipinski definition) is 5. The maximum Gasteiger partial charge on any atom is 0.233 e. The van der Waals surface area contributed by atoms with Crippen molar-refractivity contribution >= 4 is 17.7 Å². The number of rotatable bonds is 9. The largest absolute Gasteiger partial charge is 0.494 e. The van der Waals surface area contributed by atoms with Crippen LogP contribution in [0.2, 0.25) is 0 Å². The third-order valence-electron chi connectivity index (χ3n) is 4.65. The van der Waals surface area contributed by atoms with Gasteiger partial charge in [0.15, 0.2) is 11.0 Å². The maximum atomic E-state index is 12.5. The van der Waals surface area contributed by atoms with Crippen LogP contribution >= 0.6 is 11.8 Å². The highest BCUT2D eigenvalue weighted by atomic mass is 32.2. The molecule has 164 valence electrons. The Labute approximate surface area is 188 Å². The average molecular weight is 439 g/mol. The molecule has 2 aromatic carbocycles. The zero-order valence-corrected chi connectivity index (χ0v) is 19.6. The molecule has 0 radical (unpaired) electrons. The summed E-state index contributed by atoms with van der Waals surface area (Å²) in [7, 11) is 0. The molecular formula is C24H30N4O2S. The van der Waals surface area contributed by atoms with Gasteiger partial charge in [-0.15, -0.1) is 10.2 Å². The number of benzene rings is 2. The minimum absolute atomic E-state index is 0.00273. The van der Waals surface area contributed by atoms with E-state index in [1.165, 1.54) is 11.8 Å². The molecule has 0 aliphatic heterocycles. The molecule has 1 amide bonds. The number of nitrogens with zero attached hydrogens (tertiary/aromatic N) is 3. The Morgan fingerprint density at radius 1 is 1.13 bits per heavy atom. The minimum atomic E-state index is -0.297. The number of nitrogens with one attached hydrogen (secondary N) is 1. The number of carbonyl (C=O) groups excluding carboxylic acids is 1. The van der Waals surface area contributed by atoms with Gasteiger partial charge < -0.3 is 10.1 Å². The number of hydrogen-bond donors (Lipinski definition) is 1. The van der Waals surface area contributed by atoms with E-state index in [2.05, 4.69) is 48.4 Å². The van der Waals surface area contributed by atoms with E-state index in [0.717, 1.165) is 28.4 Å². The summed E-state index contributed by atoms with van der Waals surface area (Å²) >= 11 is 1.41. The van der Waals surface area contributed by atoms with E-state index in [1.807, 2.05) is 54.8 Å². The van der Waals surface area contributed by atoms with Crippen molar-refractivity contribution < 1.29 is 9.53 Å². The van der Waals surface area contributed by atoms with E-state index >= 15 is 0 Å². The van der Waals surface area contributed by atoms with Crippen molar-refractivity contribution in [3.05, 3.63) is 54.1 Å². The molecule has 7 heteroatoms. The second-order valence-electron chi connectivity index (χ2n) is 7.84. The number of aryl methyl sites for hydroxylation is 1. The molecule has 0 aliphatic rings. The van der Waals surface area contributed by atoms with E-state index in [9.17, 15) is 4.79 Å². The molecule has 3 rings (SSSR count). The van der Waals surface area contributed by atoms with Gasteiger partial charge in [-0.25, -0.2) is 0 Å². The fourth-order valence-corrected chi connectivity index (χ4v) is 3.96. The fraction of sp³-hybridized carbons (Fsp3) is 0.375. The normalized spacial score (nSPS) is 12.1. The highest BCUT2D eigenvalue weighted by molar-refractivity contribution is 8.00. The SMILES string of the molecule is CCOc1ccc(-n2c(SC(C)C(=O)NCC(C)C)nnc2-c2cccc(C)c2)cc1. The lowest BCUT2D eigenvalue weighted by molar-refractivity contribution is -0.120. The Balaban J connectivity index is 1.96. The van der Waals surface area contributed by atoms with Crippen LogP contribution in [0, 0.1) is 12.8 Å². The predicted molar refractivity (Wildman–Crippen MR) is 126 cm³/mol. The van der Waals surface area contributed by atoms with E-state index in [-0.39, 0.29) is 11.2 Å². The molecular weight excluding hydrogens is 408 g/mol. The van der Waals surface area contributed by atoms with Gasteiger partial charge in [-0.05, 0) is 57.0 Å². The standard InChI is InChI=1S/C24H30N4O2S/c1-6-30-21-12-10-20(11-13-21)28-22(19-9-7-8-17(4)14-19)26-27-24(28)31-18(5)23(29)25-15-16(2)3/h7-14,16,18H,6,15H2,1-5H3,(H,25,29). The molecule has 3 aromatic rings. The van der Waals surface area contributed by atoms with Crippen LogP contribution in [0.5, 0.6) is 5.75 Å². The topological polar surface area (TPSA) is 69.0 Å². The van der Waals surface area contributed by atoms with Crippen molar-refractivity contribution in [2.75, 3.05) is 13.2 Å². The molecule has 0 fully saturated rings. The third kappa shape index (κ3) is 5.88. The number of thioether (sulfide) groups is 1. The first kappa shape index (κ1) is 22.9. The first-order valence-electron chi connectivity index (χ1n) is 10.6. The summed E-state index contributed by atoms with van der Waals surface area (Å²) in [5.74, 6) is 1.95.